The van der Waals surface area contributed by atoms with Gasteiger partial charge in [-0.2, -0.15) is 0 Å². The predicted molar refractivity (Wildman–Crippen MR) is 69.2 cm³/mol. The molecule has 1 aromatic heterocycles. The second-order valence-corrected chi connectivity index (χ2v) is 4.75. The number of hydrogen-bond acceptors (Lipinski definition) is 5. The Morgan fingerprint density at radius 3 is 2.50 bits per heavy atom. The van der Waals surface area contributed by atoms with E-state index in [0.717, 1.165) is 16.2 Å². The van der Waals surface area contributed by atoms with Crippen LogP contribution in [0.5, 0.6) is 0 Å². The van der Waals surface area contributed by atoms with Gasteiger partial charge in [-0.25, -0.2) is 14.4 Å². The quantitative estimate of drug-likeness (QED) is 0.490. The van der Waals surface area contributed by atoms with Crippen molar-refractivity contribution < 1.29 is 4.39 Å². The first-order valence-electron chi connectivity index (χ1n) is 5.39. The van der Waals surface area contributed by atoms with E-state index in [1.54, 1.807) is 36.3 Å². The Morgan fingerprint density at radius 1 is 1.22 bits per heavy atom. The Morgan fingerprint density at radius 2 is 1.89 bits per heavy atom. The zero-order valence-corrected chi connectivity index (χ0v) is 10.4. The average Bonchev–Trinajstić information content (AvgIpc) is 2.43. The van der Waals surface area contributed by atoms with E-state index in [-0.39, 0.29) is 11.9 Å². The van der Waals surface area contributed by atoms with Gasteiger partial charge in [0.15, 0.2) is 0 Å². The van der Waals surface area contributed by atoms with Crippen LogP contribution in [0.3, 0.4) is 0 Å². The molecule has 0 aliphatic heterocycles. The lowest BCUT2D eigenvalue weighted by Crippen LogP contribution is -2.29. The summed E-state index contributed by atoms with van der Waals surface area (Å²) in [6.45, 7) is 0. The predicted octanol–water partition coefficient (Wildman–Crippen LogP) is 1.91. The summed E-state index contributed by atoms with van der Waals surface area (Å²) in [5.41, 5.74) is 3.65. The largest absolute Gasteiger partial charge is 0.271 e. The topological polar surface area (TPSA) is 63.8 Å². The molecule has 0 saturated carbocycles. The third kappa shape index (κ3) is 3.49. The van der Waals surface area contributed by atoms with Crippen LogP contribution in [0.2, 0.25) is 0 Å². The molecule has 0 amide bonds. The fourth-order valence-electron chi connectivity index (χ4n) is 1.44. The zero-order chi connectivity index (χ0) is 12.8. The van der Waals surface area contributed by atoms with Gasteiger partial charge < -0.3 is 0 Å². The standard InChI is InChI=1S/C12H13FN4S/c13-10-1-3-11(4-2-10)18-7-12(17-14)9-5-15-8-16-6-9/h1-6,8,12,17H,7,14H2. The van der Waals surface area contributed by atoms with E-state index in [2.05, 4.69) is 15.4 Å². The molecule has 94 valence electrons. The number of thioether (sulfide) groups is 1. The molecule has 0 aliphatic rings. The highest BCUT2D eigenvalue weighted by atomic mass is 32.2. The third-order valence-corrected chi connectivity index (χ3v) is 3.52. The van der Waals surface area contributed by atoms with Gasteiger partial charge in [-0.3, -0.25) is 11.3 Å². The minimum absolute atomic E-state index is 0.0405. The number of benzene rings is 1. The summed E-state index contributed by atoms with van der Waals surface area (Å²) in [5.74, 6) is 6.00. The molecule has 0 fully saturated rings. The van der Waals surface area contributed by atoms with E-state index < -0.39 is 0 Å². The number of nitrogens with zero attached hydrogens (tertiary/aromatic N) is 2. The number of nitrogens with two attached hydrogens (primary N) is 1. The molecule has 0 spiro atoms. The molecule has 0 radical (unpaired) electrons. The van der Waals surface area contributed by atoms with E-state index in [0.29, 0.717) is 0 Å². The molecule has 3 N–H and O–H groups in total. The molecular formula is C12H13FN4S. The summed E-state index contributed by atoms with van der Waals surface area (Å²) in [7, 11) is 0. The van der Waals surface area contributed by atoms with E-state index >= 15 is 0 Å². The maximum atomic E-state index is 12.8. The molecule has 4 nitrogen and oxygen atoms in total. The van der Waals surface area contributed by atoms with Crippen molar-refractivity contribution in [2.24, 2.45) is 5.84 Å². The molecule has 0 bridgehead atoms. The monoisotopic (exact) mass is 264 g/mol. The Bertz CT molecular complexity index is 477. The van der Waals surface area contributed by atoms with Crippen LogP contribution in [0.4, 0.5) is 4.39 Å². The number of hydrogen-bond donors (Lipinski definition) is 2. The fourth-order valence-corrected chi connectivity index (χ4v) is 2.42. The van der Waals surface area contributed by atoms with E-state index in [4.69, 9.17) is 5.84 Å². The van der Waals surface area contributed by atoms with Crippen LogP contribution in [0.15, 0.2) is 47.9 Å². The van der Waals surface area contributed by atoms with Gasteiger partial charge in [0, 0.05) is 28.6 Å². The van der Waals surface area contributed by atoms with Gasteiger partial charge in [-0.15, -0.1) is 11.8 Å². The van der Waals surface area contributed by atoms with E-state index in [9.17, 15) is 4.39 Å². The summed E-state index contributed by atoms with van der Waals surface area (Å²) >= 11 is 1.59. The molecule has 2 rings (SSSR count). The number of nitrogens with one attached hydrogen (secondary N) is 1. The molecule has 1 heterocycles. The summed E-state index contributed by atoms with van der Waals surface area (Å²) in [4.78, 5) is 8.90. The lowest BCUT2D eigenvalue weighted by molar-refractivity contribution is 0.606. The normalized spacial score (nSPS) is 12.3. The molecule has 2 aromatic rings. The van der Waals surface area contributed by atoms with Crippen LogP contribution in [-0.4, -0.2) is 15.7 Å². The van der Waals surface area contributed by atoms with E-state index in [1.165, 1.54) is 18.5 Å². The number of rotatable bonds is 5. The van der Waals surface area contributed by atoms with E-state index in [1.807, 2.05) is 0 Å². The number of aromatic nitrogens is 2. The minimum atomic E-state index is -0.232. The van der Waals surface area contributed by atoms with Crippen molar-refractivity contribution in [3.63, 3.8) is 0 Å². The van der Waals surface area contributed by atoms with Crippen LogP contribution in [0.1, 0.15) is 11.6 Å². The van der Waals surface area contributed by atoms with Crippen molar-refractivity contribution in [2.75, 3.05) is 5.75 Å². The SMILES string of the molecule is NNC(CSc1ccc(F)cc1)c1cncnc1. The first kappa shape index (κ1) is 12.9. The van der Waals surface area contributed by atoms with Gasteiger partial charge in [-0.05, 0) is 24.3 Å². The first-order valence-corrected chi connectivity index (χ1v) is 6.37. The van der Waals surface area contributed by atoms with Crippen molar-refractivity contribution in [2.45, 2.75) is 10.9 Å². The molecule has 0 saturated heterocycles. The smallest absolute Gasteiger partial charge is 0.123 e. The molecule has 1 aromatic carbocycles. The summed E-state index contributed by atoms with van der Waals surface area (Å²) in [6.07, 6.45) is 4.93. The molecular weight excluding hydrogens is 251 g/mol. The van der Waals surface area contributed by atoms with Crippen LogP contribution in [-0.2, 0) is 0 Å². The van der Waals surface area contributed by atoms with Crippen LogP contribution in [0, 0.1) is 5.82 Å². The van der Waals surface area contributed by atoms with Gasteiger partial charge in [0.25, 0.3) is 0 Å². The Labute approximate surface area is 109 Å². The first-order chi connectivity index (χ1) is 8.79. The maximum Gasteiger partial charge on any atom is 0.123 e. The zero-order valence-electron chi connectivity index (χ0n) is 9.58. The van der Waals surface area contributed by atoms with Crippen molar-refractivity contribution in [1.82, 2.24) is 15.4 Å². The highest BCUT2D eigenvalue weighted by Gasteiger charge is 2.10. The van der Waals surface area contributed by atoms with Gasteiger partial charge in [0.1, 0.15) is 12.1 Å². The lowest BCUT2D eigenvalue weighted by atomic mass is 10.2. The average molecular weight is 264 g/mol. The summed E-state index contributed by atoms with van der Waals surface area (Å²) in [5, 5.41) is 0. The maximum absolute atomic E-state index is 12.8. The Kier molecular flexibility index (Phi) is 4.63. The minimum Gasteiger partial charge on any atom is -0.271 e. The molecule has 18 heavy (non-hydrogen) atoms. The summed E-state index contributed by atoms with van der Waals surface area (Å²) < 4.78 is 12.8. The summed E-state index contributed by atoms with van der Waals surface area (Å²) in [6, 6.07) is 6.34. The molecule has 6 heteroatoms. The van der Waals surface area contributed by atoms with Crippen LogP contribution in [0.25, 0.3) is 0 Å². The molecule has 0 aliphatic carbocycles. The van der Waals surface area contributed by atoms with Crippen molar-refractivity contribution in [3.8, 4) is 0 Å². The highest BCUT2D eigenvalue weighted by Crippen LogP contribution is 2.23. The van der Waals surface area contributed by atoms with Crippen molar-refractivity contribution in [3.05, 3.63) is 54.4 Å². The molecule has 1 atom stereocenters. The van der Waals surface area contributed by atoms with Crippen LogP contribution >= 0.6 is 11.8 Å². The lowest BCUT2D eigenvalue weighted by Gasteiger charge is -2.14. The van der Waals surface area contributed by atoms with Gasteiger partial charge in [-0.1, -0.05) is 0 Å². The Balaban J connectivity index is 1.97. The second-order valence-electron chi connectivity index (χ2n) is 3.66. The number of hydrazine groups is 1. The second kappa shape index (κ2) is 6.44. The third-order valence-electron chi connectivity index (χ3n) is 2.41. The van der Waals surface area contributed by atoms with Crippen LogP contribution < -0.4 is 11.3 Å². The highest BCUT2D eigenvalue weighted by molar-refractivity contribution is 7.99. The molecule has 1 unspecified atom stereocenters. The number of halogens is 1. The Hall–Kier alpha value is -1.50. The van der Waals surface area contributed by atoms with Gasteiger partial charge in [0.2, 0.25) is 0 Å². The van der Waals surface area contributed by atoms with Gasteiger partial charge in [0.05, 0.1) is 6.04 Å². The fraction of sp³-hybridized carbons (Fsp3) is 0.167. The van der Waals surface area contributed by atoms with Gasteiger partial charge >= 0.3 is 0 Å². The van der Waals surface area contributed by atoms with Crippen molar-refractivity contribution >= 4 is 11.8 Å². The van der Waals surface area contributed by atoms with Crippen molar-refractivity contribution in [1.29, 1.82) is 0 Å².